The van der Waals surface area contributed by atoms with Crippen LogP contribution in [0.25, 0.3) is 0 Å². The summed E-state index contributed by atoms with van der Waals surface area (Å²) in [6.07, 6.45) is 4.42. The summed E-state index contributed by atoms with van der Waals surface area (Å²) < 4.78 is 5.29. The minimum absolute atomic E-state index is 0.828. The molecule has 0 atom stereocenters. The summed E-state index contributed by atoms with van der Waals surface area (Å²) in [5.41, 5.74) is 0. The van der Waals surface area contributed by atoms with E-state index in [1.165, 1.54) is 32.5 Å². The van der Waals surface area contributed by atoms with Crippen molar-refractivity contribution in [2.75, 3.05) is 46.8 Å². The van der Waals surface area contributed by atoms with Gasteiger partial charge < -0.3 is 19.5 Å². The molecular formula is C15H27N3O. The van der Waals surface area contributed by atoms with Gasteiger partial charge in [0.1, 0.15) is 5.76 Å². The molecule has 4 heteroatoms. The molecule has 0 saturated carbocycles. The van der Waals surface area contributed by atoms with E-state index < -0.39 is 0 Å². The molecule has 0 radical (unpaired) electrons. The Morgan fingerprint density at radius 3 is 2.89 bits per heavy atom. The maximum Gasteiger partial charge on any atom is 0.117 e. The van der Waals surface area contributed by atoms with Gasteiger partial charge in [-0.2, -0.15) is 0 Å². The molecule has 2 heterocycles. The molecule has 1 aromatic rings. The molecule has 1 aromatic heterocycles. The van der Waals surface area contributed by atoms with Crippen molar-refractivity contribution in [2.45, 2.75) is 19.4 Å². The second-order valence-corrected chi connectivity index (χ2v) is 5.77. The molecule has 0 aliphatic carbocycles. The predicted octanol–water partition coefficient (Wildman–Crippen LogP) is 1.64. The lowest BCUT2D eigenvalue weighted by Gasteiger charge is -2.31. The first-order valence-electron chi connectivity index (χ1n) is 7.34. The first-order chi connectivity index (χ1) is 9.24. The Hall–Kier alpha value is -0.840. The van der Waals surface area contributed by atoms with Crippen LogP contribution in [-0.4, -0.2) is 56.6 Å². The van der Waals surface area contributed by atoms with Gasteiger partial charge >= 0.3 is 0 Å². The van der Waals surface area contributed by atoms with Crippen LogP contribution in [0.3, 0.4) is 0 Å². The highest BCUT2D eigenvalue weighted by Gasteiger charge is 2.17. The van der Waals surface area contributed by atoms with Crippen molar-refractivity contribution in [1.29, 1.82) is 0 Å². The van der Waals surface area contributed by atoms with Gasteiger partial charge in [0.05, 0.1) is 12.8 Å². The third-order valence-electron chi connectivity index (χ3n) is 3.96. The Morgan fingerprint density at radius 1 is 1.42 bits per heavy atom. The Bertz CT molecular complexity index is 331. The largest absolute Gasteiger partial charge is 0.468 e. The van der Waals surface area contributed by atoms with Gasteiger partial charge in [-0.15, -0.1) is 0 Å². The maximum atomic E-state index is 5.29. The number of likely N-dealkylation sites (N-methyl/N-ethyl adjacent to an activating group) is 1. The molecule has 0 bridgehead atoms. The van der Waals surface area contributed by atoms with Gasteiger partial charge in [0, 0.05) is 19.6 Å². The number of piperidine rings is 1. The normalized spacial score (nSPS) is 18.3. The molecule has 1 saturated heterocycles. The van der Waals surface area contributed by atoms with Crippen molar-refractivity contribution in [3.8, 4) is 0 Å². The molecule has 19 heavy (non-hydrogen) atoms. The molecule has 108 valence electrons. The zero-order valence-corrected chi connectivity index (χ0v) is 12.3. The van der Waals surface area contributed by atoms with Gasteiger partial charge in [-0.05, 0) is 58.1 Å². The summed E-state index contributed by atoms with van der Waals surface area (Å²) in [5.74, 6) is 1.89. The van der Waals surface area contributed by atoms with E-state index in [0.717, 1.165) is 31.3 Å². The molecule has 0 unspecified atom stereocenters. The number of hydrogen-bond donors (Lipinski definition) is 1. The fraction of sp³-hybridized carbons (Fsp3) is 0.733. The lowest BCUT2D eigenvalue weighted by molar-refractivity contribution is 0.176. The monoisotopic (exact) mass is 265 g/mol. The zero-order valence-electron chi connectivity index (χ0n) is 12.3. The molecule has 1 fully saturated rings. The predicted molar refractivity (Wildman–Crippen MR) is 78.1 cm³/mol. The smallest absolute Gasteiger partial charge is 0.117 e. The Kier molecular flexibility index (Phi) is 5.89. The molecule has 0 spiro atoms. The first kappa shape index (κ1) is 14.6. The van der Waals surface area contributed by atoms with Crippen LogP contribution >= 0.6 is 0 Å². The topological polar surface area (TPSA) is 31.6 Å². The first-order valence-corrected chi connectivity index (χ1v) is 7.34. The van der Waals surface area contributed by atoms with E-state index in [0.29, 0.717) is 0 Å². The van der Waals surface area contributed by atoms with Crippen LogP contribution in [-0.2, 0) is 6.54 Å². The van der Waals surface area contributed by atoms with Crippen LogP contribution in [0.1, 0.15) is 18.6 Å². The van der Waals surface area contributed by atoms with Gasteiger partial charge in [0.25, 0.3) is 0 Å². The summed E-state index contributed by atoms with van der Waals surface area (Å²) in [7, 11) is 4.45. The molecule has 2 rings (SSSR count). The quantitative estimate of drug-likeness (QED) is 0.760. The average molecular weight is 265 g/mol. The minimum atomic E-state index is 0.828. The maximum absolute atomic E-state index is 5.29. The van der Waals surface area contributed by atoms with Gasteiger partial charge in [-0.3, -0.25) is 0 Å². The van der Waals surface area contributed by atoms with E-state index in [2.05, 4.69) is 29.2 Å². The Balaban J connectivity index is 1.53. The molecule has 1 aliphatic rings. The van der Waals surface area contributed by atoms with Crippen LogP contribution in [0.5, 0.6) is 0 Å². The van der Waals surface area contributed by atoms with Crippen molar-refractivity contribution in [1.82, 2.24) is 15.1 Å². The summed E-state index contributed by atoms with van der Waals surface area (Å²) in [6.45, 7) is 6.70. The number of likely N-dealkylation sites (tertiary alicyclic amines) is 1. The summed E-state index contributed by atoms with van der Waals surface area (Å²) >= 11 is 0. The molecule has 4 nitrogen and oxygen atoms in total. The van der Waals surface area contributed by atoms with Crippen molar-refractivity contribution in [3.05, 3.63) is 24.2 Å². The van der Waals surface area contributed by atoms with Crippen LogP contribution < -0.4 is 5.32 Å². The summed E-state index contributed by atoms with van der Waals surface area (Å²) in [6, 6.07) is 3.94. The summed E-state index contributed by atoms with van der Waals surface area (Å²) in [4.78, 5) is 4.88. The van der Waals surface area contributed by atoms with Crippen LogP contribution in [0.4, 0.5) is 0 Å². The average Bonchev–Trinajstić information content (AvgIpc) is 2.91. The molecular weight excluding hydrogens is 238 g/mol. The Morgan fingerprint density at radius 2 is 2.21 bits per heavy atom. The van der Waals surface area contributed by atoms with Crippen molar-refractivity contribution in [3.63, 3.8) is 0 Å². The molecule has 0 aromatic carbocycles. The fourth-order valence-electron chi connectivity index (χ4n) is 2.67. The standard InChI is InChI=1S/C15H27N3O/c1-17-8-5-14(6-9-17)13-18(2)10-7-16-12-15-4-3-11-19-15/h3-4,11,14,16H,5-10,12-13H2,1-2H3. The highest BCUT2D eigenvalue weighted by Crippen LogP contribution is 2.16. The van der Waals surface area contributed by atoms with Crippen molar-refractivity contribution in [2.24, 2.45) is 5.92 Å². The fourth-order valence-corrected chi connectivity index (χ4v) is 2.67. The summed E-state index contributed by atoms with van der Waals surface area (Å²) in [5, 5.41) is 3.42. The molecule has 1 N–H and O–H groups in total. The van der Waals surface area contributed by atoms with Crippen LogP contribution in [0.2, 0.25) is 0 Å². The van der Waals surface area contributed by atoms with Gasteiger partial charge in [-0.25, -0.2) is 0 Å². The van der Waals surface area contributed by atoms with E-state index >= 15 is 0 Å². The number of nitrogens with one attached hydrogen (secondary N) is 1. The van der Waals surface area contributed by atoms with E-state index in [9.17, 15) is 0 Å². The number of furan rings is 1. The van der Waals surface area contributed by atoms with E-state index in [4.69, 9.17) is 4.42 Å². The van der Waals surface area contributed by atoms with Crippen molar-refractivity contribution >= 4 is 0 Å². The Labute approximate surface area is 116 Å². The van der Waals surface area contributed by atoms with Crippen LogP contribution in [0, 0.1) is 5.92 Å². The molecule has 0 amide bonds. The van der Waals surface area contributed by atoms with E-state index in [1.54, 1.807) is 6.26 Å². The highest BCUT2D eigenvalue weighted by molar-refractivity contribution is 4.97. The lowest BCUT2D eigenvalue weighted by Crippen LogP contribution is -2.37. The third kappa shape index (κ3) is 5.35. The number of hydrogen-bond acceptors (Lipinski definition) is 4. The van der Waals surface area contributed by atoms with Crippen molar-refractivity contribution < 1.29 is 4.42 Å². The number of nitrogens with zero attached hydrogens (tertiary/aromatic N) is 2. The minimum Gasteiger partial charge on any atom is -0.468 e. The molecule has 1 aliphatic heterocycles. The lowest BCUT2D eigenvalue weighted by atomic mass is 9.97. The second-order valence-electron chi connectivity index (χ2n) is 5.77. The third-order valence-corrected chi connectivity index (χ3v) is 3.96. The van der Waals surface area contributed by atoms with E-state index in [-0.39, 0.29) is 0 Å². The van der Waals surface area contributed by atoms with Gasteiger partial charge in [-0.1, -0.05) is 0 Å². The van der Waals surface area contributed by atoms with Crippen LogP contribution in [0.15, 0.2) is 22.8 Å². The second kappa shape index (κ2) is 7.68. The van der Waals surface area contributed by atoms with Gasteiger partial charge in [0.2, 0.25) is 0 Å². The number of rotatable bonds is 7. The zero-order chi connectivity index (χ0) is 13.5. The van der Waals surface area contributed by atoms with E-state index in [1.807, 2.05) is 12.1 Å². The highest BCUT2D eigenvalue weighted by atomic mass is 16.3. The van der Waals surface area contributed by atoms with Gasteiger partial charge in [0.15, 0.2) is 0 Å². The SMILES string of the molecule is CN1CCC(CN(C)CCNCc2ccco2)CC1.